The quantitative estimate of drug-likeness (QED) is 0.163. The zero-order valence-corrected chi connectivity index (χ0v) is 5.83. The van der Waals surface area contributed by atoms with Crippen LogP contribution < -0.4 is 47.5 Å². The molecule has 0 atom stereocenters. The van der Waals surface area contributed by atoms with Crippen LogP contribution in [0.3, 0.4) is 0 Å². The summed E-state index contributed by atoms with van der Waals surface area (Å²) >= 11 is 0. The maximum absolute atomic E-state index is 9.19. The zero-order chi connectivity index (χ0) is 5.91. The number of rotatable bonds is 2. The van der Waals surface area contributed by atoms with Gasteiger partial charge in [-0.25, -0.2) is 0 Å². The molecule has 0 aliphatic rings. The fourth-order valence-electron chi connectivity index (χ4n) is 0.0408. The van der Waals surface area contributed by atoms with E-state index in [4.69, 9.17) is 4.91 Å². The van der Waals surface area contributed by atoms with Crippen LogP contribution in [-0.2, 0) is 9.19 Å². The Hall–Kier alpha value is 0.745. The topological polar surface area (TPSA) is 102 Å². The summed E-state index contributed by atoms with van der Waals surface area (Å²) in [5.74, 6) is 0. The molecule has 0 aromatic heterocycles. The van der Waals surface area contributed by atoms with E-state index >= 15 is 0 Å². The van der Waals surface area contributed by atoms with Gasteiger partial charge < -0.3 is 19.0 Å². The van der Waals surface area contributed by atoms with Gasteiger partial charge >= 0.3 is 37.7 Å². The second kappa shape index (κ2) is 6.86. The van der Waals surface area contributed by atoms with Crippen molar-refractivity contribution >= 4 is 7.82 Å². The molecule has 0 aliphatic heterocycles. The third kappa shape index (κ3) is 17.7. The van der Waals surface area contributed by atoms with E-state index in [2.05, 4.69) is 4.62 Å². The Kier molecular flexibility index (Phi) is 12.5. The van der Waals surface area contributed by atoms with Crippen molar-refractivity contribution in [3.05, 3.63) is 4.91 Å². The van der Waals surface area contributed by atoms with E-state index in [1.807, 2.05) is 0 Å². The minimum atomic E-state index is -5.14. The van der Waals surface area contributed by atoms with Gasteiger partial charge in [-0.15, -0.1) is 4.91 Å². The van der Waals surface area contributed by atoms with Crippen LogP contribution in [0.25, 0.3) is 0 Å². The standard InChI is InChI=1S/2Li.H2NO5P/c;;2-1-6-7(3,4)5/h;;(H2,3,4,5)/q2*+1;/p-2. The second-order valence-corrected chi connectivity index (χ2v) is 1.66. The van der Waals surface area contributed by atoms with Crippen LogP contribution in [0.5, 0.6) is 0 Å². The first kappa shape index (κ1) is 16.4. The summed E-state index contributed by atoms with van der Waals surface area (Å²) in [6.07, 6.45) is 0. The summed E-state index contributed by atoms with van der Waals surface area (Å²) in [4.78, 5) is 27.2. The monoisotopic (exact) mass is 139 g/mol. The summed E-state index contributed by atoms with van der Waals surface area (Å²) in [6, 6.07) is 0. The Morgan fingerprint density at radius 2 is 1.67 bits per heavy atom. The average molecular weight is 139 g/mol. The summed E-state index contributed by atoms with van der Waals surface area (Å²) in [5, 5.41) is 1.37. The van der Waals surface area contributed by atoms with E-state index in [1.54, 1.807) is 0 Å². The predicted molar refractivity (Wildman–Crippen MR) is 14.5 cm³/mol. The summed E-state index contributed by atoms with van der Waals surface area (Å²) in [7, 11) is -5.14. The molecule has 9 heteroatoms. The minimum Gasteiger partial charge on any atom is -0.778 e. The third-order valence-corrected chi connectivity index (χ3v) is 0.400. The van der Waals surface area contributed by atoms with Crippen LogP contribution in [-0.4, -0.2) is 0 Å². The molecule has 0 aliphatic carbocycles. The van der Waals surface area contributed by atoms with Crippen molar-refractivity contribution in [2.24, 2.45) is 5.34 Å². The number of phosphoric acid groups is 1. The van der Waals surface area contributed by atoms with E-state index in [0.717, 1.165) is 0 Å². The maximum atomic E-state index is 9.19. The summed E-state index contributed by atoms with van der Waals surface area (Å²) in [5.41, 5.74) is 0. The Morgan fingerprint density at radius 1 is 1.33 bits per heavy atom. The van der Waals surface area contributed by atoms with Crippen LogP contribution >= 0.6 is 7.82 Å². The molecule has 0 rings (SSSR count). The molecule has 0 saturated heterocycles. The molecule has 0 bridgehead atoms. The molecule has 0 amide bonds. The summed E-state index contributed by atoms with van der Waals surface area (Å²) < 4.78 is 11.9. The van der Waals surface area contributed by atoms with Crippen LogP contribution in [0.1, 0.15) is 0 Å². The van der Waals surface area contributed by atoms with Crippen LogP contribution in [0, 0.1) is 4.91 Å². The largest absolute Gasteiger partial charge is 1.00 e. The van der Waals surface area contributed by atoms with Crippen LogP contribution in [0.15, 0.2) is 5.34 Å². The smallest absolute Gasteiger partial charge is 0.778 e. The molecule has 0 aromatic rings. The van der Waals surface area contributed by atoms with Crippen molar-refractivity contribution in [2.45, 2.75) is 0 Å². The molecule has 0 fully saturated rings. The van der Waals surface area contributed by atoms with E-state index in [-0.39, 0.29) is 37.7 Å². The SMILES string of the molecule is O=NOP(=O)([O-])[O-].[Li+].[Li+]. The Labute approximate surface area is 74.9 Å². The molecular formula is Li2NO5P. The molecule has 0 saturated carbocycles. The maximum Gasteiger partial charge on any atom is 1.00 e. The Bertz CT molecular complexity index is 108. The van der Waals surface area contributed by atoms with Crippen LogP contribution in [0.2, 0.25) is 0 Å². The fraction of sp³-hybridized carbons (Fsp3) is 0. The number of hydrogen-bond acceptors (Lipinski definition) is 6. The molecule has 6 nitrogen and oxygen atoms in total. The predicted octanol–water partition coefficient (Wildman–Crippen LogP) is -7.48. The number of nitrogens with zero attached hydrogens (tertiary/aromatic N) is 1. The fourth-order valence-corrected chi connectivity index (χ4v) is 0.122. The Balaban J connectivity index is -0.000000180. The van der Waals surface area contributed by atoms with E-state index in [9.17, 15) is 14.4 Å². The molecule has 9 heavy (non-hydrogen) atoms. The third-order valence-electron chi connectivity index (χ3n) is 0.133. The molecular weight excluding hydrogens is 139 g/mol. The van der Waals surface area contributed by atoms with Gasteiger partial charge in [0.2, 0.25) is 0 Å². The van der Waals surface area contributed by atoms with Gasteiger partial charge in [0.25, 0.3) is 0 Å². The van der Waals surface area contributed by atoms with Crippen molar-refractivity contribution < 1.29 is 56.7 Å². The van der Waals surface area contributed by atoms with Gasteiger partial charge in [-0.1, -0.05) is 0 Å². The second-order valence-electron chi connectivity index (χ2n) is 0.603. The van der Waals surface area contributed by atoms with E-state index in [1.165, 1.54) is 5.34 Å². The molecule has 42 valence electrons. The van der Waals surface area contributed by atoms with Crippen molar-refractivity contribution in [3.63, 3.8) is 0 Å². The van der Waals surface area contributed by atoms with Gasteiger partial charge in [-0.05, 0) is 0 Å². The van der Waals surface area contributed by atoms with Gasteiger partial charge in [0.05, 0.1) is 0 Å². The van der Waals surface area contributed by atoms with Crippen LogP contribution in [0.4, 0.5) is 0 Å². The normalized spacial score (nSPS) is 8.22. The molecule has 0 radical (unpaired) electrons. The molecule has 0 spiro atoms. The number of hydrogen-bond donors (Lipinski definition) is 0. The minimum absolute atomic E-state index is 0. The zero-order valence-electron chi connectivity index (χ0n) is 4.94. The first-order valence-corrected chi connectivity index (χ1v) is 2.56. The van der Waals surface area contributed by atoms with E-state index in [0.29, 0.717) is 0 Å². The molecule has 0 unspecified atom stereocenters. The Morgan fingerprint density at radius 3 is 1.67 bits per heavy atom. The van der Waals surface area contributed by atoms with E-state index < -0.39 is 7.82 Å². The molecule has 0 heterocycles. The van der Waals surface area contributed by atoms with Gasteiger partial charge in [0.1, 0.15) is 7.82 Å². The van der Waals surface area contributed by atoms with Gasteiger partial charge in [0.15, 0.2) is 5.34 Å². The first-order valence-electron chi connectivity index (χ1n) is 1.10. The summed E-state index contributed by atoms with van der Waals surface area (Å²) in [6.45, 7) is 0. The van der Waals surface area contributed by atoms with Gasteiger partial charge in [-0.2, -0.15) is 0 Å². The van der Waals surface area contributed by atoms with Crippen molar-refractivity contribution in [1.29, 1.82) is 0 Å². The van der Waals surface area contributed by atoms with Crippen molar-refractivity contribution in [3.8, 4) is 0 Å². The molecule has 0 N–H and O–H groups in total. The van der Waals surface area contributed by atoms with Crippen molar-refractivity contribution in [1.82, 2.24) is 0 Å². The van der Waals surface area contributed by atoms with Crippen molar-refractivity contribution in [2.75, 3.05) is 0 Å². The van der Waals surface area contributed by atoms with Gasteiger partial charge in [-0.3, -0.25) is 0 Å². The average Bonchev–Trinajstić information content (AvgIpc) is 1.30. The van der Waals surface area contributed by atoms with Gasteiger partial charge in [0, 0.05) is 0 Å². The molecule has 0 aromatic carbocycles. The first-order chi connectivity index (χ1) is 3.06.